The highest BCUT2D eigenvalue weighted by molar-refractivity contribution is 5.81. The number of para-hydroxylation sites is 2. The molecule has 3 amide bonds. The molecule has 1 aromatic carbocycles. The van der Waals surface area contributed by atoms with Crippen LogP contribution in [0, 0.1) is 5.92 Å². The lowest BCUT2D eigenvalue weighted by Gasteiger charge is -2.34. The number of nitrogens with one attached hydrogen (secondary N) is 1. The predicted molar refractivity (Wildman–Crippen MR) is 92.7 cm³/mol. The van der Waals surface area contributed by atoms with Crippen LogP contribution in [0.5, 0.6) is 11.5 Å². The van der Waals surface area contributed by atoms with Crippen molar-refractivity contribution >= 4 is 11.9 Å². The van der Waals surface area contributed by atoms with E-state index in [1.54, 1.807) is 25.1 Å². The van der Waals surface area contributed by atoms with Crippen LogP contribution in [0.3, 0.4) is 0 Å². The smallest absolute Gasteiger partial charge is 0.319 e. The second-order valence-electron chi connectivity index (χ2n) is 6.72. The topological polar surface area (TPSA) is 71.1 Å². The van der Waals surface area contributed by atoms with Crippen molar-refractivity contribution in [1.82, 2.24) is 15.1 Å². The number of benzene rings is 1. The molecule has 1 fully saturated rings. The van der Waals surface area contributed by atoms with Crippen LogP contribution in [-0.2, 0) is 4.79 Å². The zero-order chi connectivity index (χ0) is 17.8. The molecular weight excluding hydrogens is 322 g/mol. The molecule has 2 aliphatic heterocycles. The summed E-state index contributed by atoms with van der Waals surface area (Å²) in [7, 11) is 3.53. The number of piperidine rings is 1. The van der Waals surface area contributed by atoms with Gasteiger partial charge >= 0.3 is 6.03 Å². The van der Waals surface area contributed by atoms with Gasteiger partial charge in [0.1, 0.15) is 6.61 Å². The number of hydrogen-bond acceptors (Lipinski definition) is 4. The molecule has 0 radical (unpaired) electrons. The quantitative estimate of drug-likeness (QED) is 0.896. The van der Waals surface area contributed by atoms with Gasteiger partial charge in [-0.05, 0) is 30.9 Å². The number of urea groups is 1. The van der Waals surface area contributed by atoms with Gasteiger partial charge in [-0.25, -0.2) is 4.79 Å². The van der Waals surface area contributed by atoms with Gasteiger partial charge < -0.3 is 24.6 Å². The summed E-state index contributed by atoms with van der Waals surface area (Å²) in [5.74, 6) is 1.50. The first-order chi connectivity index (χ1) is 12.0. The Morgan fingerprint density at radius 2 is 1.88 bits per heavy atom. The zero-order valence-electron chi connectivity index (χ0n) is 14.7. The number of hydrogen-bond donors (Lipinski definition) is 1. The normalized spacial score (nSPS) is 20.1. The van der Waals surface area contributed by atoms with Gasteiger partial charge in [0, 0.05) is 33.7 Å². The van der Waals surface area contributed by atoms with Crippen LogP contribution < -0.4 is 14.8 Å². The predicted octanol–water partition coefficient (Wildman–Crippen LogP) is 1.34. The third kappa shape index (κ3) is 4.15. The first kappa shape index (κ1) is 17.4. The summed E-state index contributed by atoms with van der Waals surface area (Å²) in [4.78, 5) is 27.7. The molecule has 0 aromatic heterocycles. The van der Waals surface area contributed by atoms with Crippen molar-refractivity contribution in [1.29, 1.82) is 0 Å². The van der Waals surface area contributed by atoms with Crippen LogP contribution in [0.25, 0.3) is 0 Å². The summed E-state index contributed by atoms with van der Waals surface area (Å²) in [5, 5.41) is 2.96. The molecule has 136 valence electrons. The van der Waals surface area contributed by atoms with Crippen LogP contribution in [0.2, 0.25) is 0 Å². The van der Waals surface area contributed by atoms with Crippen LogP contribution in [0.15, 0.2) is 24.3 Å². The van der Waals surface area contributed by atoms with Crippen molar-refractivity contribution in [2.75, 3.05) is 40.3 Å². The summed E-state index contributed by atoms with van der Waals surface area (Å²) in [6, 6.07) is 7.40. The second kappa shape index (κ2) is 7.63. The number of rotatable bonds is 3. The molecule has 0 saturated carbocycles. The number of nitrogens with zero attached hydrogens (tertiary/aromatic N) is 2. The third-order valence-corrected chi connectivity index (χ3v) is 4.63. The van der Waals surface area contributed by atoms with Crippen molar-refractivity contribution in [3.8, 4) is 11.5 Å². The van der Waals surface area contributed by atoms with E-state index in [-0.39, 0.29) is 18.5 Å². The van der Waals surface area contributed by atoms with Gasteiger partial charge in [0.05, 0.1) is 0 Å². The Morgan fingerprint density at radius 3 is 2.56 bits per heavy atom. The molecule has 0 aliphatic carbocycles. The zero-order valence-corrected chi connectivity index (χ0v) is 14.7. The lowest BCUT2D eigenvalue weighted by atomic mass is 9.97. The van der Waals surface area contributed by atoms with Gasteiger partial charge in [-0.1, -0.05) is 12.1 Å². The minimum absolute atomic E-state index is 0.0499. The maximum Gasteiger partial charge on any atom is 0.319 e. The molecule has 0 bridgehead atoms. The van der Waals surface area contributed by atoms with Gasteiger partial charge in [0.15, 0.2) is 11.5 Å². The average Bonchev–Trinajstić information content (AvgIpc) is 2.65. The fourth-order valence-corrected chi connectivity index (χ4v) is 3.12. The van der Waals surface area contributed by atoms with Gasteiger partial charge in [-0.2, -0.15) is 0 Å². The summed E-state index contributed by atoms with van der Waals surface area (Å²) in [6.07, 6.45) is 1.17. The molecule has 0 unspecified atom stereocenters. The number of amides is 3. The van der Waals surface area contributed by atoms with Gasteiger partial charge in [-0.3, -0.25) is 4.79 Å². The Kier molecular flexibility index (Phi) is 5.31. The van der Waals surface area contributed by atoms with Crippen LogP contribution in [0.4, 0.5) is 4.79 Å². The van der Waals surface area contributed by atoms with Crippen molar-refractivity contribution < 1.29 is 19.1 Å². The molecule has 3 rings (SSSR count). The van der Waals surface area contributed by atoms with Gasteiger partial charge in [0.25, 0.3) is 5.91 Å². The minimum Gasteiger partial charge on any atom is -0.485 e. The van der Waals surface area contributed by atoms with Crippen LogP contribution >= 0.6 is 0 Å². The van der Waals surface area contributed by atoms with E-state index >= 15 is 0 Å². The van der Waals surface area contributed by atoms with E-state index in [4.69, 9.17) is 9.47 Å². The molecule has 1 aromatic rings. The van der Waals surface area contributed by atoms with Crippen molar-refractivity contribution in [2.45, 2.75) is 18.9 Å². The lowest BCUT2D eigenvalue weighted by Crippen LogP contribution is -2.48. The highest BCUT2D eigenvalue weighted by atomic mass is 16.6. The molecule has 2 heterocycles. The largest absolute Gasteiger partial charge is 0.485 e. The fourth-order valence-electron chi connectivity index (χ4n) is 3.12. The standard InChI is InChI=1S/C18H25N3O4/c1-20(2)18(23)21-9-7-13(8-10-21)11-19-17(22)16-12-24-14-5-3-4-6-15(14)25-16/h3-6,13,16H,7-12H2,1-2H3,(H,19,22)/t16-/m0/s1. The molecule has 1 atom stereocenters. The second-order valence-corrected chi connectivity index (χ2v) is 6.72. The highest BCUT2D eigenvalue weighted by Crippen LogP contribution is 2.30. The molecule has 1 saturated heterocycles. The van der Waals surface area contributed by atoms with E-state index in [1.807, 2.05) is 23.1 Å². The first-order valence-electron chi connectivity index (χ1n) is 8.67. The van der Waals surface area contributed by atoms with Crippen molar-refractivity contribution in [3.05, 3.63) is 24.3 Å². The molecule has 7 nitrogen and oxygen atoms in total. The fraction of sp³-hybridized carbons (Fsp3) is 0.556. The van der Waals surface area contributed by atoms with Crippen molar-refractivity contribution in [2.24, 2.45) is 5.92 Å². The average molecular weight is 347 g/mol. The lowest BCUT2D eigenvalue weighted by molar-refractivity contribution is -0.130. The molecule has 2 aliphatic rings. The maximum atomic E-state index is 12.3. The Hall–Kier alpha value is -2.44. The minimum atomic E-state index is -0.620. The Labute approximate surface area is 147 Å². The number of fused-ring (bicyclic) bond motifs is 1. The summed E-state index contributed by atoms with van der Waals surface area (Å²) in [6.45, 7) is 2.28. The number of ether oxygens (including phenoxy) is 2. The van der Waals surface area contributed by atoms with Gasteiger partial charge in [-0.15, -0.1) is 0 Å². The summed E-state index contributed by atoms with van der Waals surface area (Å²) in [5.41, 5.74) is 0. The number of likely N-dealkylation sites (tertiary alicyclic amines) is 1. The van der Waals surface area contributed by atoms with E-state index < -0.39 is 6.10 Å². The Morgan fingerprint density at radius 1 is 1.20 bits per heavy atom. The van der Waals surface area contributed by atoms with Crippen LogP contribution in [-0.4, -0.2) is 68.2 Å². The van der Waals surface area contributed by atoms with E-state index in [0.29, 0.717) is 24.0 Å². The Balaban J connectivity index is 1.43. The van der Waals surface area contributed by atoms with E-state index in [1.165, 1.54) is 0 Å². The molecule has 7 heteroatoms. The molecule has 1 N–H and O–H groups in total. The maximum absolute atomic E-state index is 12.3. The number of carbonyl (C=O) groups excluding carboxylic acids is 2. The van der Waals surface area contributed by atoms with Crippen LogP contribution in [0.1, 0.15) is 12.8 Å². The molecule has 0 spiro atoms. The molecule has 25 heavy (non-hydrogen) atoms. The number of carbonyl (C=O) groups is 2. The molecular formula is C18H25N3O4. The SMILES string of the molecule is CN(C)C(=O)N1CCC(CNC(=O)[C@@H]2COc3ccccc3O2)CC1. The van der Waals surface area contributed by atoms with Crippen molar-refractivity contribution in [3.63, 3.8) is 0 Å². The van der Waals surface area contributed by atoms with Gasteiger partial charge in [0.2, 0.25) is 6.10 Å². The third-order valence-electron chi connectivity index (χ3n) is 4.63. The Bertz CT molecular complexity index is 627. The van der Waals surface area contributed by atoms with E-state index in [2.05, 4.69) is 5.32 Å². The summed E-state index contributed by atoms with van der Waals surface area (Å²) >= 11 is 0. The monoisotopic (exact) mass is 347 g/mol. The first-order valence-corrected chi connectivity index (χ1v) is 8.67. The van der Waals surface area contributed by atoms with E-state index in [9.17, 15) is 9.59 Å². The van der Waals surface area contributed by atoms with E-state index in [0.717, 1.165) is 25.9 Å². The summed E-state index contributed by atoms with van der Waals surface area (Å²) < 4.78 is 11.3. The highest BCUT2D eigenvalue weighted by Gasteiger charge is 2.29.